The molecule has 0 bridgehead atoms. The number of imidazole rings is 1. The van der Waals surface area contributed by atoms with Gasteiger partial charge >= 0.3 is 0 Å². The van der Waals surface area contributed by atoms with Crippen LogP contribution in [0.25, 0.3) is 22.3 Å². The van der Waals surface area contributed by atoms with Crippen LogP contribution in [0.1, 0.15) is 25.3 Å². The van der Waals surface area contributed by atoms with Gasteiger partial charge in [-0.25, -0.2) is 9.97 Å². The second-order valence-electron chi connectivity index (χ2n) is 7.55. The van der Waals surface area contributed by atoms with Gasteiger partial charge < -0.3 is 15.2 Å². The third kappa shape index (κ3) is 5.59. The topological polar surface area (TPSA) is 88.9 Å². The van der Waals surface area contributed by atoms with E-state index in [9.17, 15) is 9.59 Å². The van der Waals surface area contributed by atoms with Gasteiger partial charge in [0.25, 0.3) is 0 Å². The largest absolute Gasteiger partial charge is 0.356 e. The molecule has 2 heterocycles. The van der Waals surface area contributed by atoms with Crippen LogP contribution in [0.2, 0.25) is 0 Å². The summed E-state index contributed by atoms with van der Waals surface area (Å²) in [7, 11) is 0. The van der Waals surface area contributed by atoms with E-state index < -0.39 is 0 Å². The Labute approximate surface area is 190 Å². The van der Waals surface area contributed by atoms with Crippen LogP contribution in [0.15, 0.2) is 60.2 Å². The van der Waals surface area contributed by atoms with Crippen molar-refractivity contribution in [2.45, 2.75) is 32.7 Å². The zero-order valence-corrected chi connectivity index (χ0v) is 18.7. The lowest BCUT2D eigenvalue weighted by Gasteiger charge is -2.05. The predicted molar refractivity (Wildman–Crippen MR) is 128 cm³/mol. The van der Waals surface area contributed by atoms with Crippen LogP contribution in [-0.2, 0) is 22.6 Å². The second-order valence-corrected chi connectivity index (χ2v) is 8.40. The van der Waals surface area contributed by atoms with Crippen molar-refractivity contribution in [1.29, 1.82) is 0 Å². The van der Waals surface area contributed by atoms with E-state index in [0.29, 0.717) is 24.6 Å². The number of nitrogens with zero attached hydrogens (tertiary/aromatic N) is 3. The van der Waals surface area contributed by atoms with Crippen molar-refractivity contribution >= 4 is 39.3 Å². The van der Waals surface area contributed by atoms with Gasteiger partial charge in [-0.05, 0) is 30.5 Å². The monoisotopic (exact) mass is 447 g/mol. The van der Waals surface area contributed by atoms with Crippen molar-refractivity contribution in [1.82, 2.24) is 19.9 Å². The van der Waals surface area contributed by atoms with E-state index in [4.69, 9.17) is 0 Å². The summed E-state index contributed by atoms with van der Waals surface area (Å²) in [5, 5.41) is 8.25. The Morgan fingerprint density at radius 3 is 2.72 bits per heavy atom. The van der Waals surface area contributed by atoms with Crippen LogP contribution < -0.4 is 10.6 Å². The second kappa shape index (κ2) is 10.2. The number of carbonyl (C=O) groups excluding carboxylic acids is 2. The van der Waals surface area contributed by atoms with Gasteiger partial charge in [-0.1, -0.05) is 36.4 Å². The van der Waals surface area contributed by atoms with Gasteiger partial charge in [0.1, 0.15) is 0 Å². The lowest BCUT2D eigenvalue weighted by Crippen LogP contribution is -2.21. The molecule has 4 rings (SSSR count). The quantitative estimate of drug-likeness (QED) is 0.375. The van der Waals surface area contributed by atoms with Gasteiger partial charge in [0, 0.05) is 37.4 Å². The Morgan fingerprint density at radius 1 is 1.09 bits per heavy atom. The molecule has 0 spiro atoms. The number of aryl methyl sites for hydroxylation is 2. The summed E-state index contributed by atoms with van der Waals surface area (Å²) in [6.07, 6.45) is 3.93. The molecule has 0 saturated heterocycles. The van der Waals surface area contributed by atoms with Crippen molar-refractivity contribution in [3.05, 3.63) is 65.8 Å². The highest BCUT2D eigenvalue weighted by Crippen LogP contribution is 2.25. The summed E-state index contributed by atoms with van der Waals surface area (Å²) in [4.78, 5) is 32.2. The van der Waals surface area contributed by atoms with Gasteiger partial charge in [-0.15, -0.1) is 11.3 Å². The first-order valence-corrected chi connectivity index (χ1v) is 11.5. The molecule has 4 aromatic rings. The van der Waals surface area contributed by atoms with Crippen LogP contribution in [0.4, 0.5) is 5.13 Å². The number of rotatable bonds is 9. The van der Waals surface area contributed by atoms with Crippen molar-refractivity contribution in [2.75, 3.05) is 11.9 Å². The minimum Gasteiger partial charge on any atom is -0.356 e. The number of nitrogens with one attached hydrogen (secondary N) is 2. The molecular formula is C24H25N5O2S. The fraction of sp³-hybridized carbons (Fsp3) is 0.250. The highest BCUT2D eigenvalue weighted by molar-refractivity contribution is 7.14. The van der Waals surface area contributed by atoms with E-state index in [2.05, 4.69) is 32.7 Å². The van der Waals surface area contributed by atoms with Crippen LogP contribution in [-0.4, -0.2) is 32.9 Å². The third-order valence-corrected chi connectivity index (χ3v) is 5.88. The van der Waals surface area contributed by atoms with E-state index in [0.717, 1.165) is 35.1 Å². The summed E-state index contributed by atoms with van der Waals surface area (Å²) in [6, 6.07) is 16.1. The average molecular weight is 448 g/mol. The number of fused-ring (bicyclic) bond motifs is 1. The number of thiazole rings is 1. The third-order valence-electron chi connectivity index (χ3n) is 5.12. The van der Waals surface area contributed by atoms with Gasteiger partial charge in [0.05, 0.1) is 23.1 Å². The highest BCUT2D eigenvalue weighted by atomic mass is 32.1. The molecule has 2 aromatic heterocycles. The molecule has 2 amide bonds. The molecule has 0 unspecified atom stereocenters. The van der Waals surface area contributed by atoms with Crippen molar-refractivity contribution < 1.29 is 9.59 Å². The van der Waals surface area contributed by atoms with Crippen LogP contribution in [0, 0.1) is 0 Å². The number of aromatic nitrogens is 3. The molecule has 8 heteroatoms. The van der Waals surface area contributed by atoms with E-state index in [1.165, 1.54) is 23.8 Å². The number of amides is 2. The Kier molecular flexibility index (Phi) is 6.91. The first-order chi connectivity index (χ1) is 15.6. The number of anilines is 1. The maximum atomic E-state index is 12.4. The predicted octanol–water partition coefficient (Wildman–Crippen LogP) is 4.26. The SMILES string of the molecule is CC(=O)NCCCc1ccc(-c2csc(NC(=O)CCn3cnc4ccccc43)n2)cc1. The standard InChI is InChI=1S/C24H25N5O2S/c1-17(30)25-13-4-5-18-8-10-19(11-9-18)21-15-32-24(27-21)28-23(31)12-14-29-16-26-20-6-2-3-7-22(20)29/h2-3,6-11,15-16H,4-5,12-14H2,1H3,(H,25,30)(H,27,28,31). The van der Waals surface area contributed by atoms with Crippen LogP contribution in [0.5, 0.6) is 0 Å². The molecule has 0 fully saturated rings. The van der Waals surface area contributed by atoms with E-state index >= 15 is 0 Å². The van der Waals surface area contributed by atoms with Crippen LogP contribution in [0.3, 0.4) is 0 Å². The zero-order chi connectivity index (χ0) is 22.3. The Hall–Kier alpha value is -3.52. The molecule has 2 aromatic carbocycles. The summed E-state index contributed by atoms with van der Waals surface area (Å²) in [5.74, 6) is -0.0693. The van der Waals surface area contributed by atoms with Gasteiger partial charge in [-0.3, -0.25) is 9.59 Å². The highest BCUT2D eigenvalue weighted by Gasteiger charge is 2.10. The summed E-state index contributed by atoms with van der Waals surface area (Å²) < 4.78 is 1.99. The number of carbonyl (C=O) groups is 2. The minimum absolute atomic E-state index is 0.00185. The van der Waals surface area contributed by atoms with E-state index in [1.54, 1.807) is 6.33 Å². The number of hydrogen-bond acceptors (Lipinski definition) is 5. The summed E-state index contributed by atoms with van der Waals surface area (Å²) >= 11 is 1.42. The first-order valence-electron chi connectivity index (χ1n) is 10.6. The normalized spacial score (nSPS) is 10.9. The molecule has 32 heavy (non-hydrogen) atoms. The number of para-hydroxylation sites is 2. The molecule has 0 aliphatic carbocycles. The Morgan fingerprint density at radius 2 is 1.91 bits per heavy atom. The lowest BCUT2D eigenvalue weighted by atomic mass is 10.1. The maximum Gasteiger partial charge on any atom is 0.227 e. The van der Waals surface area contributed by atoms with Gasteiger partial charge in [0.15, 0.2) is 5.13 Å². The lowest BCUT2D eigenvalue weighted by molar-refractivity contribution is -0.119. The zero-order valence-electron chi connectivity index (χ0n) is 17.9. The molecular weight excluding hydrogens is 422 g/mol. The van der Waals surface area contributed by atoms with Gasteiger partial charge in [-0.2, -0.15) is 0 Å². The average Bonchev–Trinajstić information content (AvgIpc) is 3.43. The van der Waals surface area contributed by atoms with E-state index in [-0.39, 0.29) is 11.8 Å². The fourth-order valence-electron chi connectivity index (χ4n) is 3.46. The molecule has 0 radical (unpaired) electrons. The maximum absolute atomic E-state index is 12.4. The molecule has 0 aliphatic heterocycles. The minimum atomic E-state index is -0.0711. The number of benzene rings is 2. The molecule has 7 nitrogen and oxygen atoms in total. The van der Waals surface area contributed by atoms with Crippen molar-refractivity contribution in [2.24, 2.45) is 0 Å². The molecule has 0 saturated carbocycles. The molecule has 2 N–H and O–H groups in total. The van der Waals surface area contributed by atoms with Crippen molar-refractivity contribution in [3.63, 3.8) is 0 Å². The molecule has 164 valence electrons. The fourth-order valence-corrected chi connectivity index (χ4v) is 4.19. The molecule has 0 atom stereocenters. The smallest absolute Gasteiger partial charge is 0.227 e. The van der Waals surface area contributed by atoms with Gasteiger partial charge in [0.2, 0.25) is 11.8 Å². The van der Waals surface area contributed by atoms with Crippen LogP contribution >= 0.6 is 11.3 Å². The van der Waals surface area contributed by atoms with Crippen molar-refractivity contribution in [3.8, 4) is 11.3 Å². The Bertz CT molecular complexity index is 1210. The molecule has 0 aliphatic rings. The summed E-state index contributed by atoms with van der Waals surface area (Å²) in [6.45, 7) is 2.78. The summed E-state index contributed by atoms with van der Waals surface area (Å²) in [5.41, 5.74) is 5.02. The Balaban J connectivity index is 1.28. The first kappa shape index (κ1) is 21.7. The number of hydrogen-bond donors (Lipinski definition) is 2. The van der Waals surface area contributed by atoms with E-state index in [1.807, 2.05) is 46.3 Å².